The van der Waals surface area contributed by atoms with E-state index in [0.29, 0.717) is 24.6 Å². The van der Waals surface area contributed by atoms with Crippen molar-refractivity contribution < 1.29 is 13.2 Å². The zero-order valence-electron chi connectivity index (χ0n) is 15.0. The third kappa shape index (κ3) is 4.61. The van der Waals surface area contributed by atoms with E-state index < -0.39 is 10.0 Å². The summed E-state index contributed by atoms with van der Waals surface area (Å²) in [5, 5.41) is 0. The number of hydrogen-bond acceptors (Lipinski definition) is 3. The molecular weight excluding hydrogens is 336 g/mol. The normalized spacial score (nSPS) is 22.8. The number of rotatable bonds is 4. The van der Waals surface area contributed by atoms with Crippen LogP contribution in [0.5, 0.6) is 0 Å². The van der Waals surface area contributed by atoms with Gasteiger partial charge in [0, 0.05) is 31.7 Å². The summed E-state index contributed by atoms with van der Waals surface area (Å²) in [6.07, 6.45) is 5.23. The Labute approximate surface area is 151 Å². The molecule has 0 radical (unpaired) electrons. The van der Waals surface area contributed by atoms with Crippen LogP contribution in [0.25, 0.3) is 0 Å². The van der Waals surface area contributed by atoms with Crippen molar-refractivity contribution in [2.75, 3.05) is 26.2 Å². The number of benzene rings is 1. The van der Waals surface area contributed by atoms with E-state index in [2.05, 4.69) is 6.92 Å². The molecular formula is C19H28N2O3S. The third-order valence-corrected chi connectivity index (χ3v) is 7.05. The Bertz CT molecular complexity index is 694. The number of sulfonamides is 1. The van der Waals surface area contributed by atoms with Gasteiger partial charge < -0.3 is 4.90 Å². The monoisotopic (exact) mass is 364 g/mol. The molecule has 2 aliphatic rings. The van der Waals surface area contributed by atoms with Gasteiger partial charge in [-0.25, -0.2) is 12.7 Å². The van der Waals surface area contributed by atoms with Gasteiger partial charge in [0.15, 0.2) is 0 Å². The Kier molecular flexibility index (Phi) is 5.79. The molecule has 1 unspecified atom stereocenters. The standard InChI is InChI=1S/C19H28N2O3S/c1-16-6-5-11-20(14-16)19(22)18-9-7-17(8-10-18)15-25(23,24)21-12-3-2-4-13-21/h7-10,16H,2-6,11-15H2,1H3. The molecule has 0 saturated carbocycles. The molecule has 0 spiro atoms. The molecule has 0 aliphatic carbocycles. The fourth-order valence-electron chi connectivity index (χ4n) is 3.74. The molecule has 2 aliphatic heterocycles. The largest absolute Gasteiger partial charge is 0.338 e. The van der Waals surface area contributed by atoms with E-state index in [4.69, 9.17) is 0 Å². The van der Waals surface area contributed by atoms with E-state index in [1.165, 1.54) is 6.42 Å². The van der Waals surface area contributed by atoms with E-state index in [1.54, 1.807) is 28.6 Å². The first-order chi connectivity index (χ1) is 12.0. The van der Waals surface area contributed by atoms with E-state index >= 15 is 0 Å². The van der Waals surface area contributed by atoms with Gasteiger partial charge in [-0.2, -0.15) is 0 Å². The highest BCUT2D eigenvalue weighted by Gasteiger charge is 2.25. The fraction of sp³-hybridized carbons (Fsp3) is 0.632. The van der Waals surface area contributed by atoms with Crippen molar-refractivity contribution in [3.63, 3.8) is 0 Å². The molecule has 138 valence electrons. The Morgan fingerprint density at radius 2 is 1.72 bits per heavy atom. The second kappa shape index (κ2) is 7.87. The molecule has 0 bridgehead atoms. The van der Waals surface area contributed by atoms with Gasteiger partial charge in [-0.3, -0.25) is 4.79 Å². The molecule has 5 nitrogen and oxygen atoms in total. The van der Waals surface area contributed by atoms with Gasteiger partial charge in [0.05, 0.1) is 5.75 Å². The zero-order chi connectivity index (χ0) is 17.9. The summed E-state index contributed by atoms with van der Waals surface area (Å²) in [5.41, 5.74) is 1.39. The second-order valence-electron chi connectivity index (χ2n) is 7.41. The molecule has 2 heterocycles. The lowest BCUT2D eigenvalue weighted by Crippen LogP contribution is -2.39. The molecule has 0 aromatic heterocycles. The van der Waals surface area contributed by atoms with Crippen molar-refractivity contribution in [1.29, 1.82) is 0 Å². The first kappa shape index (κ1) is 18.4. The molecule has 6 heteroatoms. The number of amides is 1. The zero-order valence-corrected chi connectivity index (χ0v) is 15.8. The molecule has 1 amide bonds. The number of piperidine rings is 2. The number of likely N-dealkylation sites (tertiary alicyclic amines) is 1. The van der Waals surface area contributed by atoms with Gasteiger partial charge in [0.2, 0.25) is 10.0 Å². The summed E-state index contributed by atoms with van der Waals surface area (Å²) in [6.45, 7) is 5.06. The first-order valence-corrected chi connectivity index (χ1v) is 10.9. The van der Waals surface area contributed by atoms with Crippen LogP contribution in [0.4, 0.5) is 0 Å². The van der Waals surface area contributed by atoms with Crippen LogP contribution in [0.1, 0.15) is 54.9 Å². The van der Waals surface area contributed by atoms with Gasteiger partial charge >= 0.3 is 0 Å². The van der Waals surface area contributed by atoms with Crippen molar-refractivity contribution >= 4 is 15.9 Å². The highest BCUT2D eigenvalue weighted by molar-refractivity contribution is 7.88. The van der Waals surface area contributed by atoms with Crippen molar-refractivity contribution in [3.05, 3.63) is 35.4 Å². The quantitative estimate of drug-likeness (QED) is 0.825. The maximum atomic E-state index is 12.6. The van der Waals surface area contributed by atoms with Crippen LogP contribution < -0.4 is 0 Å². The molecule has 1 aromatic rings. The lowest BCUT2D eigenvalue weighted by atomic mass is 9.99. The third-order valence-electron chi connectivity index (χ3n) is 5.20. The van der Waals surface area contributed by atoms with Gasteiger partial charge in [0.25, 0.3) is 5.91 Å². The lowest BCUT2D eigenvalue weighted by Gasteiger charge is -2.31. The van der Waals surface area contributed by atoms with Crippen LogP contribution in [0.2, 0.25) is 0 Å². The number of carbonyl (C=O) groups is 1. The average molecular weight is 365 g/mol. The topological polar surface area (TPSA) is 57.7 Å². The summed E-state index contributed by atoms with van der Waals surface area (Å²) in [7, 11) is -3.26. The summed E-state index contributed by atoms with van der Waals surface area (Å²) in [5.74, 6) is 0.617. The predicted octanol–water partition coefficient (Wildman–Crippen LogP) is 2.87. The summed E-state index contributed by atoms with van der Waals surface area (Å²) >= 11 is 0. The Morgan fingerprint density at radius 1 is 1.04 bits per heavy atom. The summed E-state index contributed by atoms with van der Waals surface area (Å²) < 4.78 is 26.6. The minimum Gasteiger partial charge on any atom is -0.338 e. The Balaban J connectivity index is 1.64. The number of nitrogens with zero attached hydrogens (tertiary/aromatic N) is 2. The Hall–Kier alpha value is -1.40. The average Bonchev–Trinajstić information content (AvgIpc) is 2.62. The minimum atomic E-state index is -3.26. The first-order valence-electron chi connectivity index (χ1n) is 9.32. The summed E-state index contributed by atoms with van der Waals surface area (Å²) in [4.78, 5) is 14.5. The molecule has 25 heavy (non-hydrogen) atoms. The van der Waals surface area contributed by atoms with Crippen molar-refractivity contribution in [2.45, 2.75) is 44.8 Å². The molecule has 2 saturated heterocycles. The van der Waals surface area contributed by atoms with Crippen molar-refractivity contribution in [1.82, 2.24) is 9.21 Å². The molecule has 2 fully saturated rings. The molecule has 0 N–H and O–H groups in total. The minimum absolute atomic E-state index is 0.0161. The SMILES string of the molecule is CC1CCCN(C(=O)c2ccc(CS(=O)(=O)N3CCCCC3)cc2)C1. The molecule has 1 atom stereocenters. The van der Waals surface area contributed by atoms with Crippen molar-refractivity contribution in [3.8, 4) is 0 Å². The lowest BCUT2D eigenvalue weighted by molar-refractivity contribution is 0.0683. The van der Waals surface area contributed by atoms with Crippen LogP contribution >= 0.6 is 0 Å². The highest BCUT2D eigenvalue weighted by Crippen LogP contribution is 2.20. The van der Waals surface area contributed by atoms with E-state index in [-0.39, 0.29) is 11.7 Å². The maximum absolute atomic E-state index is 12.6. The smallest absolute Gasteiger partial charge is 0.253 e. The Morgan fingerprint density at radius 3 is 2.36 bits per heavy atom. The second-order valence-corrected chi connectivity index (χ2v) is 9.38. The van der Waals surface area contributed by atoms with Gasteiger partial charge in [-0.1, -0.05) is 25.5 Å². The predicted molar refractivity (Wildman–Crippen MR) is 98.8 cm³/mol. The van der Waals surface area contributed by atoms with Crippen LogP contribution in [0, 0.1) is 5.92 Å². The van der Waals surface area contributed by atoms with Crippen molar-refractivity contribution in [2.24, 2.45) is 5.92 Å². The van der Waals surface area contributed by atoms with Gasteiger partial charge in [-0.15, -0.1) is 0 Å². The van der Waals surface area contributed by atoms with Crippen LogP contribution in [-0.2, 0) is 15.8 Å². The van der Waals surface area contributed by atoms with E-state index in [1.807, 2.05) is 4.90 Å². The number of hydrogen-bond donors (Lipinski definition) is 0. The molecule has 3 rings (SSSR count). The van der Waals surface area contributed by atoms with Crippen LogP contribution in [0.15, 0.2) is 24.3 Å². The summed E-state index contributed by atoms with van der Waals surface area (Å²) in [6, 6.07) is 7.09. The van der Waals surface area contributed by atoms with Gasteiger partial charge in [-0.05, 0) is 49.3 Å². The van der Waals surface area contributed by atoms with Crippen LogP contribution in [-0.4, -0.2) is 49.7 Å². The van der Waals surface area contributed by atoms with E-state index in [9.17, 15) is 13.2 Å². The molecule has 1 aromatic carbocycles. The van der Waals surface area contributed by atoms with Crippen LogP contribution in [0.3, 0.4) is 0 Å². The van der Waals surface area contributed by atoms with E-state index in [0.717, 1.165) is 44.3 Å². The highest BCUT2D eigenvalue weighted by atomic mass is 32.2. The fourth-order valence-corrected chi connectivity index (χ4v) is 5.36. The van der Waals surface area contributed by atoms with Gasteiger partial charge in [0.1, 0.15) is 0 Å². The number of carbonyl (C=O) groups excluding carboxylic acids is 1. The maximum Gasteiger partial charge on any atom is 0.253 e.